The van der Waals surface area contributed by atoms with Gasteiger partial charge in [-0.3, -0.25) is 0 Å². The average molecular weight is 222 g/mol. The molecule has 2 bridgehead atoms. The molecule has 1 heteroatoms. The molecule has 3 saturated carbocycles. The maximum atomic E-state index is 10.9. The third-order valence-corrected chi connectivity index (χ3v) is 7.12. The molecule has 1 spiro atoms. The van der Waals surface area contributed by atoms with E-state index in [1.807, 2.05) is 0 Å². The molecule has 0 aromatic heterocycles. The van der Waals surface area contributed by atoms with E-state index in [-0.39, 0.29) is 5.41 Å². The minimum absolute atomic E-state index is 0.108. The van der Waals surface area contributed by atoms with Crippen molar-refractivity contribution in [1.29, 1.82) is 0 Å². The van der Waals surface area contributed by atoms with Gasteiger partial charge in [-0.2, -0.15) is 0 Å². The van der Waals surface area contributed by atoms with Crippen LogP contribution in [0.25, 0.3) is 0 Å². The van der Waals surface area contributed by atoms with Crippen LogP contribution < -0.4 is 0 Å². The van der Waals surface area contributed by atoms with Gasteiger partial charge in [0.2, 0.25) is 0 Å². The molecule has 0 heterocycles. The van der Waals surface area contributed by atoms with Gasteiger partial charge >= 0.3 is 0 Å². The van der Waals surface area contributed by atoms with Gasteiger partial charge in [0.1, 0.15) is 0 Å². The third kappa shape index (κ3) is 0.978. The Morgan fingerprint density at radius 3 is 2.44 bits per heavy atom. The molecule has 1 nitrogen and oxygen atoms in total. The lowest BCUT2D eigenvalue weighted by atomic mass is 9.50. The van der Waals surface area contributed by atoms with Gasteiger partial charge in [0.05, 0.1) is 5.60 Å². The Balaban J connectivity index is 2.10. The fraction of sp³-hybridized carbons (Fsp3) is 1.00. The minimum atomic E-state index is -0.443. The first-order chi connectivity index (χ1) is 7.32. The van der Waals surface area contributed by atoms with E-state index < -0.39 is 5.60 Å². The first-order valence-corrected chi connectivity index (χ1v) is 7.05. The first kappa shape index (κ1) is 11.1. The van der Waals surface area contributed by atoms with E-state index in [1.165, 1.54) is 32.1 Å². The van der Waals surface area contributed by atoms with Gasteiger partial charge < -0.3 is 5.11 Å². The molecular weight excluding hydrogens is 196 g/mol. The first-order valence-electron chi connectivity index (χ1n) is 7.05. The normalized spacial score (nSPS) is 58.7. The largest absolute Gasteiger partial charge is 0.389 e. The SMILES string of the molecule is C[C@H]1CC[C@@H]2C(C)(C)[C@@](C)(O)C3CC[C@@]21C3. The highest BCUT2D eigenvalue weighted by Crippen LogP contribution is 2.71. The second-order valence-electron chi connectivity index (χ2n) is 7.57. The zero-order valence-corrected chi connectivity index (χ0v) is 11.2. The van der Waals surface area contributed by atoms with Gasteiger partial charge in [-0.25, -0.2) is 0 Å². The van der Waals surface area contributed by atoms with Gasteiger partial charge in [0, 0.05) is 0 Å². The van der Waals surface area contributed by atoms with Gasteiger partial charge in [0.25, 0.3) is 0 Å². The highest BCUT2D eigenvalue weighted by molar-refractivity contribution is 5.17. The van der Waals surface area contributed by atoms with Crippen LogP contribution in [0.5, 0.6) is 0 Å². The highest BCUT2D eigenvalue weighted by atomic mass is 16.3. The fourth-order valence-corrected chi connectivity index (χ4v) is 5.64. The van der Waals surface area contributed by atoms with E-state index in [4.69, 9.17) is 0 Å². The van der Waals surface area contributed by atoms with Crippen LogP contribution in [0.4, 0.5) is 0 Å². The molecule has 0 aromatic carbocycles. The number of fused-ring (bicyclic) bond motifs is 1. The molecule has 92 valence electrons. The molecule has 0 aromatic rings. The Hall–Kier alpha value is -0.0400. The summed E-state index contributed by atoms with van der Waals surface area (Å²) in [6.07, 6.45) is 6.67. The summed E-state index contributed by atoms with van der Waals surface area (Å²) in [5.41, 5.74) is 0.259. The Kier molecular flexibility index (Phi) is 1.98. The molecule has 5 atom stereocenters. The highest BCUT2D eigenvalue weighted by Gasteiger charge is 2.67. The van der Waals surface area contributed by atoms with E-state index in [2.05, 4.69) is 27.7 Å². The van der Waals surface area contributed by atoms with Crippen LogP contribution in [0, 0.1) is 28.6 Å². The van der Waals surface area contributed by atoms with Crippen LogP contribution in [0.1, 0.15) is 59.8 Å². The Labute approximate surface area is 99.6 Å². The van der Waals surface area contributed by atoms with Crippen molar-refractivity contribution in [2.24, 2.45) is 28.6 Å². The zero-order valence-electron chi connectivity index (χ0n) is 11.2. The van der Waals surface area contributed by atoms with Crippen molar-refractivity contribution in [3.63, 3.8) is 0 Å². The monoisotopic (exact) mass is 222 g/mol. The minimum Gasteiger partial charge on any atom is -0.389 e. The van der Waals surface area contributed by atoms with Crippen molar-refractivity contribution < 1.29 is 5.11 Å². The van der Waals surface area contributed by atoms with Gasteiger partial charge in [0.15, 0.2) is 0 Å². The van der Waals surface area contributed by atoms with Gasteiger partial charge in [-0.15, -0.1) is 0 Å². The van der Waals surface area contributed by atoms with Crippen LogP contribution in [0.2, 0.25) is 0 Å². The van der Waals surface area contributed by atoms with Crippen molar-refractivity contribution in [2.45, 2.75) is 65.4 Å². The van der Waals surface area contributed by atoms with Crippen LogP contribution in [0.3, 0.4) is 0 Å². The van der Waals surface area contributed by atoms with E-state index >= 15 is 0 Å². The van der Waals surface area contributed by atoms with Crippen molar-refractivity contribution in [3.8, 4) is 0 Å². The van der Waals surface area contributed by atoms with Gasteiger partial charge in [-0.1, -0.05) is 20.8 Å². The average Bonchev–Trinajstić information content (AvgIpc) is 2.73. The summed E-state index contributed by atoms with van der Waals surface area (Å²) in [4.78, 5) is 0. The number of aliphatic hydroxyl groups is 1. The number of hydrogen-bond acceptors (Lipinski definition) is 1. The Bertz CT molecular complexity index is 317. The van der Waals surface area contributed by atoms with E-state index in [9.17, 15) is 5.11 Å². The van der Waals surface area contributed by atoms with Crippen LogP contribution in [-0.2, 0) is 0 Å². The molecule has 0 amide bonds. The lowest BCUT2D eigenvalue weighted by molar-refractivity contribution is -0.171. The molecule has 3 fully saturated rings. The molecule has 0 aliphatic heterocycles. The summed E-state index contributed by atoms with van der Waals surface area (Å²) in [6, 6.07) is 0. The van der Waals surface area contributed by atoms with Gasteiger partial charge in [-0.05, 0) is 67.6 Å². The molecule has 16 heavy (non-hydrogen) atoms. The molecular formula is C15H26O. The molecule has 3 aliphatic rings. The molecule has 0 saturated heterocycles. The molecule has 3 rings (SSSR count). The standard InChI is InChI=1S/C15H26O/c1-10-5-6-12-13(2,3)14(4,16)11-7-8-15(10,12)9-11/h10-12,16H,5-9H2,1-4H3/t10-,11?,12+,14-,15-/m0/s1. The topological polar surface area (TPSA) is 20.2 Å². The molecule has 1 unspecified atom stereocenters. The number of hydrogen-bond donors (Lipinski definition) is 1. The number of rotatable bonds is 0. The Morgan fingerprint density at radius 1 is 1.06 bits per heavy atom. The Morgan fingerprint density at radius 2 is 1.75 bits per heavy atom. The van der Waals surface area contributed by atoms with E-state index in [0.29, 0.717) is 11.3 Å². The maximum absolute atomic E-state index is 10.9. The van der Waals surface area contributed by atoms with Crippen molar-refractivity contribution >= 4 is 0 Å². The summed E-state index contributed by atoms with van der Waals surface area (Å²) in [7, 11) is 0. The molecule has 3 aliphatic carbocycles. The summed E-state index contributed by atoms with van der Waals surface area (Å²) in [6.45, 7) is 9.21. The predicted molar refractivity (Wildman–Crippen MR) is 66.1 cm³/mol. The lowest BCUT2D eigenvalue weighted by Crippen LogP contribution is -2.57. The smallest absolute Gasteiger partial charge is 0.0701 e. The van der Waals surface area contributed by atoms with E-state index in [0.717, 1.165) is 11.8 Å². The summed E-state index contributed by atoms with van der Waals surface area (Å²) < 4.78 is 0. The van der Waals surface area contributed by atoms with Crippen molar-refractivity contribution in [2.75, 3.05) is 0 Å². The molecule has 0 radical (unpaired) electrons. The molecule has 1 N–H and O–H groups in total. The lowest BCUT2D eigenvalue weighted by Gasteiger charge is -2.57. The van der Waals surface area contributed by atoms with Crippen molar-refractivity contribution in [3.05, 3.63) is 0 Å². The quantitative estimate of drug-likeness (QED) is 0.664. The second kappa shape index (κ2) is 2.85. The fourth-order valence-electron chi connectivity index (χ4n) is 5.64. The maximum Gasteiger partial charge on any atom is 0.0701 e. The third-order valence-electron chi connectivity index (χ3n) is 7.12. The van der Waals surface area contributed by atoms with Crippen molar-refractivity contribution in [1.82, 2.24) is 0 Å². The zero-order chi connectivity index (χ0) is 11.8. The summed E-state index contributed by atoms with van der Waals surface area (Å²) >= 11 is 0. The predicted octanol–water partition coefficient (Wildman–Crippen LogP) is 3.61. The summed E-state index contributed by atoms with van der Waals surface area (Å²) in [5, 5.41) is 10.9. The second-order valence-corrected chi connectivity index (χ2v) is 7.57. The van der Waals surface area contributed by atoms with Crippen LogP contribution >= 0.6 is 0 Å². The summed E-state index contributed by atoms with van der Waals surface area (Å²) in [5.74, 6) is 2.20. The van der Waals surface area contributed by atoms with E-state index in [1.54, 1.807) is 0 Å². The van der Waals surface area contributed by atoms with Crippen LogP contribution in [-0.4, -0.2) is 10.7 Å². The van der Waals surface area contributed by atoms with Crippen LogP contribution in [0.15, 0.2) is 0 Å².